The highest BCUT2D eigenvalue weighted by Gasteiger charge is 2.15. The Bertz CT molecular complexity index is 143. The van der Waals surface area contributed by atoms with Gasteiger partial charge < -0.3 is 10.1 Å². The highest BCUT2D eigenvalue weighted by Crippen LogP contribution is 2.28. The molecule has 0 aromatic carbocycles. The maximum atomic E-state index is 5.02. The van der Waals surface area contributed by atoms with Crippen LogP contribution in [0.2, 0.25) is 0 Å². The maximum absolute atomic E-state index is 5.02. The molecule has 0 amide bonds. The summed E-state index contributed by atoms with van der Waals surface area (Å²) in [7, 11) is 1.77. The molecular weight excluding hydrogens is 186 g/mol. The van der Waals surface area contributed by atoms with Gasteiger partial charge in [-0.05, 0) is 38.6 Å². The number of hydrogen-bond acceptors (Lipinski definition) is 2. The zero-order chi connectivity index (χ0) is 10.9. The van der Waals surface area contributed by atoms with Gasteiger partial charge in [-0.15, -0.1) is 0 Å². The minimum absolute atomic E-state index is 0.683. The molecule has 2 nitrogen and oxygen atoms in total. The van der Waals surface area contributed by atoms with E-state index in [0.717, 1.165) is 25.5 Å². The molecule has 1 aliphatic rings. The lowest BCUT2D eigenvalue weighted by molar-refractivity contribution is 0.193. The molecule has 0 spiro atoms. The van der Waals surface area contributed by atoms with Gasteiger partial charge in [0.1, 0.15) is 0 Å². The van der Waals surface area contributed by atoms with Gasteiger partial charge in [0.2, 0.25) is 0 Å². The van der Waals surface area contributed by atoms with Gasteiger partial charge in [0.25, 0.3) is 0 Å². The minimum atomic E-state index is 0.683. The molecule has 15 heavy (non-hydrogen) atoms. The molecule has 0 radical (unpaired) electrons. The van der Waals surface area contributed by atoms with E-state index in [1.54, 1.807) is 7.11 Å². The Kier molecular flexibility index (Phi) is 7.03. The highest BCUT2D eigenvalue weighted by molar-refractivity contribution is 4.70. The third-order valence-electron chi connectivity index (χ3n) is 3.50. The van der Waals surface area contributed by atoms with Crippen molar-refractivity contribution in [2.45, 2.75) is 57.9 Å². The molecule has 0 aromatic rings. The zero-order valence-corrected chi connectivity index (χ0v) is 10.4. The fraction of sp³-hybridized carbons (Fsp3) is 1.00. The minimum Gasteiger partial charge on any atom is -0.385 e. The summed E-state index contributed by atoms with van der Waals surface area (Å²) in [5.74, 6) is 1.04. The van der Waals surface area contributed by atoms with Crippen molar-refractivity contribution in [3.05, 3.63) is 0 Å². The van der Waals surface area contributed by atoms with E-state index < -0.39 is 0 Å². The normalized spacial score (nSPS) is 19.6. The molecule has 0 heterocycles. The van der Waals surface area contributed by atoms with Crippen LogP contribution in [-0.4, -0.2) is 26.3 Å². The van der Waals surface area contributed by atoms with E-state index in [1.807, 2.05) is 0 Å². The van der Waals surface area contributed by atoms with Gasteiger partial charge in [-0.2, -0.15) is 0 Å². The summed E-state index contributed by atoms with van der Waals surface area (Å²) in [4.78, 5) is 0. The van der Waals surface area contributed by atoms with Gasteiger partial charge in [0, 0.05) is 19.8 Å². The van der Waals surface area contributed by atoms with Crippen LogP contribution in [0.1, 0.15) is 51.9 Å². The Morgan fingerprint density at radius 1 is 1.33 bits per heavy atom. The van der Waals surface area contributed by atoms with Gasteiger partial charge in [0.05, 0.1) is 0 Å². The van der Waals surface area contributed by atoms with Crippen molar-refractivity contribution in [1.82, 2.24) is 5.32 Å². The first kappa shape index (κ1) is 13.0. The number of hydrogen-bond donors (Lipinski definition) is 1. The third-order valence-corrected chi connectivity index (χ3v) is 3.50. The Morgan fingerprint density at radius 3 is 2.73 bits per heavy atom. The molecule has 0 bridgehead atoms. The van der Waals surface area contributed by atoms with E-state index in [-0.39, 0.29) is 0 Å². The van der Waals surface area contributed by atoms with Gasteiger partial charge >= 0.3 is 0 Å². The summed E-state index contributed by atoms with van der Waals surface area (Å²) in [6, 6.07) is 0.683. The number of nitrogens with one attached hydrogen (secondary N) is 1. The maximum Gasteiger partial charge on any atom is 0.0474 e. The molecule has 2 heteroatoms. The average Bonchev–Trinajstić information content (AvgIpc) is 2.74. The first-order valence-electron chi connectivity index (χ1n) is 6.55. The first-order valence-corrected chi connectivity index (χ1v) is 6.55. The van der Waals surface area contributed by atoms with Crippen molar-refractivity contribution < 1.29 is 4.74 Å². The summed E-state index contributed by atoms with van der Waals surface area (Å²) >= 11 is 0. The van der Waals surface area contributed by atoms with Crippen LogP contribution in [0.4, 0.5) is 0 Å². The molecule has 1 fully saturated rings. The predicted molar refractivity (Wildman–Crippen MR) is 65.1 cm³/mol. The predicted octanol–water partition coefficient (Wildman–Crippen LogP) is 2.97. The summed E-state index contributed by atoms with van der Waals surface area (Å²) in [5, 5.41) is 3.56. The fourth-order valence-corrected chi connectivity index (χ4v) is 2.45. The van der Waals surface area contributed by atoms with Crippen molar-refractivity contribution in [1.29, 1.82) is 0 Å². The SMILES string of the molecule is COCCCNC(C)CCC1CCCC1. The summed E-state index contributed by atoms with van der Waals surface area (Å²) < 4.78 is 5.02. The van der Waals surface area contributed by atoms with E-state index in [2.05, 4.69) is 12.2 Å². The number of rotatable bonds is 8. The monoisotopic (exact) mass is 213 g/mol. The third kappa shape index (κ3) is 6.16. The molecular formula is C13H27NO. The Morgan fingerprint density at radius 2 is 2.07 bits per heavy atom. The Balaban J connectivity index is 1.90. The molecule has 1 unspecified atom stereocenters. The van der Waals surface area contributed by atoms with Crippen LogP contribution in [0.5, 0.6) is 0 Å². The summed E-state index contributed by atoms with van der Waals surface area (Å²) in [5.41, 5.74) is 0. The molecule has 1 N–H and O–H groups in total. The summed E-state index contributed by atoms with van der Waals surface area (Å²) in [6.07, 6.45) is 9.81. The first-order chi connectivity index (χ1) is 7.33. The molecule has 0 aliphatic heterocycles. The lowest BCUT2D eigenvalue weighted by atomic mass is 9.99. The van der Waals surface area contributed by atoms with Crippen molar-refractivity contribution in [2.75, 3.05) is 20.3 Å². The molecule has 0 aromatic heterocycles. The van der Waals surface area contributed by atoms with Crippen LogP contribution in [0.15, 0.2) is 0 Å². The molecule has 1 aliphatic carbocycles. The van der Waals surface area contributed by atoms with Crippen LogP contribution in [0, 0.1) is 5.92 Å². The van der Waals surface area contributed by atoms with Gasteiger partial charge in [-0.1, -0.05) is 25.7 Å². The fourth-order valence-electron chi connectivity index (χ4n) is 2.45. The second kappa shape index (κ2) is 8.12. The van der Waals surface area contributed by atoms with Crippen molar-refractivity contribution in [3.63, 3.8) is 0 Å². The highest BCUT2D eigenvalue weighted by atomic mass is 16.5. The van der Waals surface area contributed by atoms with Gasteiger partial charge in [0.15, 0.2) is 0 Å². The van der Waals surface area contributed by atoms with E-state index in [4.69, 9.17) is 4.74 Å². The molecule has 1 rings (SSSR count). The van der Waals surface area contributed by atoms with E-state index >= 15 is 0 Å². The second-order valence-corrected chi connectivity index (χ2v) is 4.93. The van der Waals surface area contributed by atoms with Crippen molar-refractivity contribution in [2.24, 2.45) is 5.92 Å². The van der Waals surface area contributed by atoms with Crippen LogP contribution in [-0.2, 0) is 4.74 Å². The average molecular weight is 213 g/mol. The molecule has 0 saturated heterocycles. The topological polar surface area (TPSA) is 21.3 Å². The lowest BCUT2D eigenvalue weighted by Gasteiger charge is -2.16. The van der Waals surface area contributed by atoms with Gasteiger partial charge in [-0.3, -0.25) is 0 Å². The van der Waals surface area contributed by atoms with Crippen molar-refractivity contribution in [3.8, 4) is 0 Å². The summed E-state index contributed by atoms with van der Waals surface area (Å²) in [6.45, 7) is 4.28. The Hall–Kier alpha value is -0.0800. The van der Waals surface area contributed by atoms with Crippen molar-refractivity contribution >= 4 is 0 Å². The van der Waals surface area contributed by atoms with E-state index in [1.165, 1.54) is 38.5 Å². The van der Waals surface area contributed by atoms with Crippen LogP contribution in [0.25, 0.3) is 0 Å². The second-order valence-electron chi connectivity index (χ2n) is 4.93. The number of methoxy groups -OCH3 is 1. The van der Waals surface area contributed by atoms with Gasteiger partial charge in [-0.25, -0.2) is 0 Å². The molecule has 1 saturated carbocycles. The van der Waals surface area contributed by atoms with E-state index in [0.29, 0.717) is 6.04 Å². The van der Waals surface area contributed by atoms with Crippen LogP contribution >= 0.6 is 0 Å². The number of ether oxygens (including phenoxy) is 1. The largest absolute Gasteiger partial charge is 0.385 e. The molecule has 1 atom stereocenters. The van der Waals surface area contributed by atoms with Crippen LogP contribution < -0.4 is 5.32 Å². The Labute approximate surface area is 94.8 Å². The lowest BCUT2D eigenvalue weighted by Crippen LogP contribution is -2.28. The quantitative estimate of drug-likeness (QED) is 0.626. The zero-order valence-electron chi connectivity index (χ0n) is 10.4. The molecule has 90 valence electrons. The smallest absolute Gasteiger partial charge is 0.0474 e. The van der Waals surface area contributed by atoms with E-state index in [9.17, 15) is 0 Å². The standard InChI is InChI=1S/C13H27NO/c1-12(14-10-5-11-15-2)8-9-13-6-3-4-7-13/h12-14H,3-11H2,1-2H3. The van der Waals surface area contributed by atoms with Crippen LogP contribution in [0.3, 0.4) is 0 Å².